The predicted molar refractivity (Wildman–Crippen MR) is 116 cm³/mol. The van der Waals surface area contributed by atoms with Gasteiger partial charge >= 0.3 is 12.1 Å². The van der Waals surface area contributed by atoms with Gasteiger partial charge < -0.3 is 24.4 Å². The Morgan fingerprint density at radius 3 is 2.42 bits per heavy atom. The third-order valence-corrected chi connectivity index (χ3v) is 5.04. The summed E-state index contributed by atoms with van der Waals surface area (Å²) < 4.78 is 16.3. The first kappa shape index (κ1) is 24.8. The number of carbonyl (C=O) groups excluding carboxylic acids is 3. The number of amides is 2. The van der Waals surface area contributed by atoms with Crippen molar-refractivity contribution in [3.63, 3.8) is 0 Å². The molecule has 0 bridgehead atoms. The molecule has 9 heteroatoms. The number of ether oxygens (including phenoxy) is 3. The molecule has 1 N–H and O–H groups in total. The molecule has 1 aliphatic rings. The highest BCUT2D eigenvalue weighted by molar-refractivity contribution is 6.30. The number of likely N-dealkylation sites (tertiary alicyclic amines) is 1. The summed E-state index contributed by atoms with van der Waals surface area (Å²) in [4.78, 5) is 37.8. The Balaban J connectivity index is 2.14. The van der Waals surface area contributed by atoms with E-state index in [1.54, 1.807) is 50.8 Å². The van der Waals surface area contributed by atoms with Crippen molar-refractivity contribution in [2.45, 2.75) is 64.7 Å². The van der Waals surface area contributed by atoms with Crippen molar-refractivity contribution in [1.29, 1.82) is 0 Å². The van der Waals surface area contributed by atoms with Crippen molar-refractivity contribution in [3.05, 3.63) is 28.8 Å². The van der Waals surface area contributed by atoms with Gasteiger partial charge in [-0.1, -0.05) is 11.6 Å². The number of esters is 1. The molecule has 172 valence electrons. The standard InChI is InChI=1S/C22H31ClN2O6/c1-14(26)25-10-8-17(9-11-25)30-19-7-6-16(23)12-15(19)13-18(20(27)29-5)24-21(28)31-22(2,3)4/h6-7,12,17-18H,8-11,13H2,1-5H3,(H,24,28)/t18-/m0/s1. The highest BCUT2D eigenvalue weighted by atomic mass is 35.5. The Bertz CT molecular complexity index is 800. The molecule has 0 aliphatic carbocycles. The fourth-order valence-corrected chi connectivity index (χ4v) is 3.49. The average Bonchev–Trinajstić information content (AvgIpc) is 2.67. The van der Waals surface area contributed by atoms with E-state index in [4.69, 9.17) is 25.8 Å². The molecule has 0 saturated carbocycles. The second-order valence-electron chi connectivity index (χ2n) is 8.50. The Kier molecular flexibility index (Phi) is 8.56. The van der Waals surface area contributed by atoms with Crippen LogP contribution in [0.2, 0.25) is 5.02 Å². The number of halogens is 1. The van der Waals surface area contributed by atoms with Crippen LogP contribution in [0.3, 0.4) is 0 Å². The molecule has 0 aromatic heterocycles. The van der Waals surface area contributed by atoms with Crippen molar-refractivity contribution >= 4 is 29.6 Å². The number of benzene rings is 1. The first-order valence-corrected chi connectivity index (χ1v) is 10.6. The Morgan fingerprint density at radius 2 is 1.87 bits per heavy atom. The summed E-state index contributed by atoms with van der Waals surface area (Å²) in [5, 5.41) is 3.04. The van der Waals surface area contributed by atoms with Crippen LogP contribution in [0.15, 0.2) is 18.2 Å². The van der Waals surface area contributed by atoms with Crippen LogP contribution in [0.5, 0.6) is 5.75 Å². The zero-order chi connectivity index (χ0) is 23.2. The number of rotatable bonds is 6. The third-order valence-electron chi connectivity index (χ3n) is 4.80. The zero-order valence-electron chi connectivity index (χ0n) is 18.7. The number of nitrogens with one attached hydrogen (secondary N) is 1. The van der Waals surface area contributed by atoms with E-state index in [1.807, 2.05) is 0 Å². The normalized spacial score (nSPS) is 15.7. The summed E-state index contributed by atoms with van der Waals surface area (Å²) >= 11 is 6.18. The molecular formula is C22H31ClN2O6. The quantitative estimate of drug-likeness (QED) is 0.662. The van der Waals surface area contributed by atoms with Crippen molar-refractivity contribution in [1.82, 2.24) is 10.2 Å². The van der Waals surface area contributed by atoms with E-state index >= 15 is 0 Å². The van der Waals surface area contributed by atoms with Gasteiger partial charge in [-0.05, 0) is 44.5 Å². The molecule has 1 aromatic carbocycles. The summed E-state index contributed by atoms with van der Waals surface area (Å²) in [5.41, 5.74) is -0.0444. The van der Waals surface area contributed by atoms with Gasteiger partial charge in [0.2, 0.25) is 5.91 Å². The molecule has 1 aromatic rings. The van der Waals surface area contributed by atoms with Crippen molar-refractivity contribution in [2.24, 2.45) is 0 Å². The molecule has 1 fully saturated rings. The smallest absolute Gasteiger partial charge is 0.408 e. The van der Waals surface area contributed by atoms with Crippen LogP contribution >= 0.6 is 11.6 Å². The van der Waals surface area contributed by atoms with E-state index in [9.17, 15) is 14.4 Å². The van der Waals surface area contributed by atoms with E-state index in [0.717, 1.165) is 0 Å². The predicted octanol–water partition coefficient (Wildman–Crippen LogP) is 3.34. The molecule has 2 amide bonds. The second-order valence-corrected chi connectivity index (χ2v) is 8.94. The van der Waals surface area contributed by atoms with Crippen LogP contribution in [0.25, 0.3) is 0 Å². The van der Waals surface area contributed by atoms with Gasteiger partial charge in [0.1, 0.15) is 23.5 Å². The van der Waals surface area contributed by atoms with E-state index in [2.05, 4.69) is 5.32 Å². The van der Waals surface area contributed by atoms with Gasteiger partial charge in [-0.25, -0.2) is 9.59 Å². The van der Waals surface area contributed by atoms with Crippen LogP contribution in [-0.4, -0.2) is 60.8 Å². The highest BCUT2D eigenvalue weighted by Gasteiger charge is 2.28. The molecular weight excluding hydrogens is 424 g/mol. The molecule has 0 unspecified atom stereocenters. The van der Waals surface area contributed by atoms with Gasteiger partial charge in [-0.3, -0.25) is 4.79 Å². The molecule has 2 rings (SSSR count). The molecule has 1 aliphatic heterocycles. The number of nitrogens with zero attached hydrogens (tertiary/aromatic N) is 1. The maximum atomic E-state index is 12.3. The van der Waals surface area contributed by atoms with Crippen molar-refractivity contribution < 1.29 is 28.6 Å². The second kappa shape index (κ2) is 10.7. The lowest BCUT2D eigenvalue weighted by atomic mass is 10.0. The van der Waals surface area contributed by atoms with Crippen LogP contribution in [0.1, 0.15) is 46.1 Å². The third kappa shape index (κ3) is 7.94. The lowest BCUT2D eigenvalue weighted by molar-refractivity contribution is -0.143. The Hall–Kier alpha value is -2.48. The number of methoxy groups -OCH3 is 1. The van der Waals surface area contributed by atoms with Crippen LogP contribution < -0.4 is 10.1 Å². The fraction of sp³-hybridized carbons (Fsp3) is 0.591. The fourth-order valence-electron chi connectivity index (χ4n) is 3.30. The highest BCUT2D eigenvalue weighted by Crippen LogP contribution is 2.28. The van der Waals surface area contributed by atoms with Gasteiger partial charge in [-0.15, -0.1) is 0 Å². The molecule has 1 atom stereocenters. The SMILES string of the molecule is COC(=O)[C@H](Cc1cc(Cl)ccc1OC1CCN(C(C)=O)CC1)NC(=O)OC(C)(C)C. The number of hydrogen-bond donors (Lipinski definition) is 1. The molecule has 1 saturated heterocycles. The number of piperidine rings is 1. The monoisotopic (exact) mass is 454 g/mol. The number of hydrogen-bond acceptors (Lipinski definition) is 6. The Labute approximate surface area is 188 Å². The van der Waals surface area contributed by atoms with Crippen LogP contribution in [0, 0.1) is 0 Å². The summed E-state index contributed by atoms with van der Waals surface area (Å²) in [6.45, 7) is 8.03. The van der Waals surface area contributed by atoms with Crippen molar-refractivity contribution in [2.75, 3.05) is 20.2 Å². The summed E-state index contributed by atoms with van der Waals surface area (Å²) in [6, 6.07) is 4.19. The molecule has 0 spiro atoms. The number of carbonyl (C=O) groups is 3. The lowest BCUT2D eigenvalue weighted by Gasteiger charge is -2.32. The largest absolute Gasteiger partial charge is 0.490 e. The van der Waals surface area contributed by atoms with E-state index in [1.165, 1.54) is 7.11 Å². The van der Waals surface area contributed by atoms with Crippen LogP contribution in [-0.2, 0) is 25.5 Å². The minimum Gasteiger partial charge on any atom is -0.490 e. The first-order chi connectivity index (χ1) is 14.5. The van der Waals surface area contributed by atoms with Gasteiger partial charge in [0, 0.05) is 44.3 Å². The van der Waals surface area contributed by atoms with Gasteiger partial charge in [0.25, 0.3) is 0 Å². The van der Waals surface area contributed by atoms with E-state index < -0.39 is 23.7 Å². The summed E-state index contributed by atoms with van der Waals surface area (Å²) in [6.07, 6.45) is 0.750. The summed E-state index contributed by atoms with van der Waals surface area (Å²) in [7, 11) is 1.25. The maximum Gasteiger partial charge on any atom is 0.408 e. The van der Waals surface area contributed by atoms with Gasteiger partial charge in [-0.2, -0.15) is 0 Å². The van der Waals surface area contributed by atoms with E-state index in [-0.39, 0.29) is 18.4 Å². The van der Waals surface area contributed by atoms with Crippen molar-refractivity contribution in [3.8, 4) is 5.75 Å². The maximum absolute atomic E-state index is 12.3. The average molecular weight is 455 g/mol. The minimum atomic E-state index is -0.972. The lowest BCUT2D eigenvalue weighted by Crippen LogP contribution is -2.45. The van der Waals surface area contributed by atoms with E-state index in [0.29, 0.717) is 42.3 Å². The van der Waals surface area contributed by atoms with Gasteiger partial charge in [0.05, 0.1) is 7.11 Å². The summed E-state index contributed by atoms with van der Waals surface area (Å²) in [5.74, 6) is 0.0249. The number of alkyl carbamates (subject to hydrolysis) is 1. The molecule has 1 heterocycles. The minimum absolute atomic E-state index is 0.0553. The first-order valence-electron chi connectivity index (χ1n) is 10.3. The zero-order valence-corrected chi connectivity index (χ0v) is 19.5. The Morgan fingerprint density at radius 1 is 1.23 bits per heavy atom. The van der Waals surface area contributed by atoms with Crippen LogP contribution in [0.4, 0.5) is 4.79 Å². The molecule has 31 heavy (non-hydrogen) atoms. The van der Waals surface area contributed by atoms with Gasteiger partial charge in [0.15, 0.2) is 0 Å². The topological polar surface area (TPSA) is 94.2 Å². The molecule has 0 radical (unpaired) electrons. The molecule has 8 nitrogen and oxygen atoms in total.